The molecule has 1 aromatic rings. The fraction of sp³-hybridized carbons (Fsp3) is 0.500. The van der Waals surface area contributed by atoms with Gasteiger partial charge in [0.25, 0.3) is 0 Å². The smallest absolute Gasteiger partial charge is 0.312 e. The zero-order chi connectivity index (χ0) is 12.9. The standard InChI is InChI=1S/C14H20O3/c1-4-12(13(15)17-5-2)14(3,16)11-9-7-6-8-10-11/h6-10,12,16H,4-5H2,1-3H3/t12-,14+/m0/s1. The van der Waals surface area contributed by atoms with Crippen molar-refractivity contribution >= 4 is 5.97 Å². The molecule has 1 rings (SSSR count). The molecule has 0 spiro atoms. The van der Waals surface area contributed by atoms with Gasteiger partial charge < -0.3 is 9.84 Å². The van der Waals surface area contributed by atoms with Gasteiger partial charge >= 0.3 is 5.97 Å². The molecule has 0 aromatic heterocycles. The van der Waals surface area contributed by atoms with E-state index >= 15 is 0 Å². The Balaban J connectivity index is 2.98. The van der Waals surface area contributed by atoms with Crippen LogP contribution in [-0.2, 0) is 15.1 Å². The zero-order valence-corrected chi connectivity index (χ0v) is 10.6. The first-order valence-corrected chi connectivity index (χ1v) is 5.98. The maximum absolute atomic E-state index is 11.8. The lowest BCUT2D eigenvalue weighted by Gasteiger charge is -2.31. The molecule has 0 heterocycles. The molecule has 0 saturated heterocycles. The Kier molecular flexibility index (Phi) is 4.70. The molecule has 0 aliphatic carbocycles. The molecule has 0 aliphatic rings. The van der Waals surface area contributed by atoms with E-state index in [1.165, 1.54) is 0 Å². The molecular formula is C14H20O3. The lowest BCUT2D eigenvalue weighted by atomic mass is 9.81. The van der Waals surface area contributed by atoms with E-state index < -0.39 is 11.5 Å². The topological polar surface area (TPSA) is 46.5 Å². The highest BCUT2D eigenvalue weighted by Crippen LogP contribution is 2.32. The Labute approximate surface area is 102 Å². The Morgan fingerprint density at radius 2 is 1.94 bits per heavy atom. The molecule has 0 radical (unpaired) electrons. The lowest BCUT2D eigenvalue weighted by Crippen LogP contribution is -2.38. The van der Waals surface area contributed by atoms with Crippen molar-refractivity contribution in [2.24, 2.45) is 5.92 Å². The van der Waals surface area contributed by atoms with E-state index in [9.17, 15) is 9.90 Å². The van der Waals surface area contributed by atoms with Crippen LogP contribution in [0.4, 0.5) is 0 Å². The third kappa shape index (κ3) is 3.07. The first-order chi connectivity index (χ1) is 8.04. The van der Waals surface area contributed by atoms with Crippen molar-refractivity contribution in [3.63, 3.8) is 0 Å². The van der Waals surface area contributed by atoms with Crippen molar-refractivity contribution in [2.45, 2.75) is 32.8 Å². The summed E-state index contributed by atoms with van der Waals surface area (Å²) < 4.78 is 5.00. The number of ether oxygens (including phenoxy) is 1. The van der Waals surface area contributed by atoms with Gasteiger partial charge in [-0.15, -0.1) is 0 Å². The summed E-state index contributed by atoms with van der Waals surface area (Å²) >= 11 is 0. The number of carbonyl (C=O) groups is 1. The summed E-state index contributed by atoms with van der Waals surface area (Å²) in [6, 6.07) is 9.22. The predicted octanol–water partition coefficient (Wildman–Crippen LogP) is 2.48. The average molecular weight is 236 g/mol. The average Bonchev–Trinajstić information content (AvgIpc) is 2.31. The number of aliphatic hydroxyl groups is 1. The highest BCUT2D eigenvalue weighted by atomic mass is 16.5. The number of hydrogen-bond acceptors (Lipinski definition) is 3. The van der Waals surface area contributed by atoms with Gasteiger partial charge in [0, 0.05) is 0 Å². The molecule has 0 fully saturated rings. The van der Waals surface area contributed by atoms with E-state index in [0.717, 1.165) is 5.56 Å². The van der Waals surface area contributed by atoms with Gasteiger partial charge in [-0.2, -0.15) is 0 Å². The van der Waals surface area contributed by atoms with Gasteiger partial charge in [0.15, 0.2) is 0 Å². The first-order valence-electron chi connectivity index (χ1n) is 5.98. The van der Waals surface area contributed by atoms with Crippen LogP contribution < -0.4 is 0 Å². The summed E-state index contributed by atoms with van der Waals surface area (Å²) in [6.45, 7) is 5.63. The van der Waals surface area contributed by atoms with Crippen LogP contribution in [0, 0.1) is 5.92 Å². The summed E-state index contributed by atoms with van der Waals surface area (Å²) in [5.41, 5.74) is -0.456. The minimum absolute atomic E-state index is 0.334. The quantitative estimate of drug-likeness (QED) is 0.799. The fourth-order valence-electron chi connectivity index (χ4n) is 2.01. The van der Waals surface area contributed by atoms with Crippen LogP contribution in [0.3, 0.4) is 0 Å². The van der Waals surface area contributed by atoms with Crippen LogP contribution in [0.1, 0.15) is 32.8 Å². The molecule has 0 bridgehead atoms. The van der Waals surface area contributed by atoms with Crippen LogP contribution >= 0.6 is 0 Å². The molecule has 0 aliphatic heterocycles. The van der Waals surface area contributed by atoms with Gasteiger partial charge in [-0.1, -0.05) is 37.3 Å². The van der Waals surface area contributed by atoms with Gasteiger partial charge in [0.2, 0.25) is 0 Å². The molecule has 1 N–H and O–H groups in total. The highest BCUT2D eigenvalue weighted by molar-refractivity contribution is 5.74. The SMILES string of the molecule is CCOC(=O)[C@H](CC)[C@](C)(O)c1ccccc1. The molecular weight excluding hydrogens is 216 g/mol. The lowest BCUT2D eigenvalue weighted by molar-refractivity contribution is -0.158. The molecule has 2 atom stereocenters. The molecule has 0 saturated carbocycles. The maximum Gasteiger partial charge on any atom is 0.312 e. The second-order valence-corrected chi connectivity index (χ2v) is 4.23. The van der Waals surface area contributed by atoms with Crippen LogP contribution in [-0.4, -0.2) is 17.7 Å². The van der Waals surface area contributed by atoms with Crippen molar-refractivity contribution in [2.75, 3.05) is 6.61 Å². The fourth-order valence-corrected chi connectivity index (χ4v) is 2.01. The van der Waals surface area contributed by atoms with Crippen LogP contribution in [0.15, 0.2) is 30.3 Å². The van der Waals surface area contributed by atoms with Crippen LogP contribution in [0.25, 0.3) is 0 Å². The molecule has 3 heteroatoms. The van der Waals surface area contributed by atoms with Gasteiger partial charge in [-0.25, -0.2) is 0 Å². The predicted molar refractivity (Wildman–Crippen MR) is 66.4 cm³/mol. The molecule has 3 nitrogen and oxygen atoms in total. The summed E-state index contributed by atoms with van der Waals surface area (Å²) in [7, 11) is 0. The van der Waals surface area contributed by atoms with Gasteiger partial charge in [0.1, 0.15) is 5.60 Å². The van der Waals surface area contributed by atoms with E-state index in [2.05, 4.69) is 0 Å². The summed E-state index contributed by atoms with van der Waals surface area (Å²) in [6.07, 6.45) is 0.542. The summed E-state index contributed by atoms with van der Waals surface area (Å²) in [5.74, 6) is -0.881. The number of hydrogen-bond donors (Lipinski definition) is 1. The van der Waals surface area contributed by atoms with E-state index in [4.69, 9.17) is 4.74 Å². The van der Waals surface area contributed by atoms with Crippen molar-refractivity contribution < 1.29 is 14.6 Å². The second kappa shape index (κ2) is 5.82. The minimum atomic E-state index is -1.19. The van der Waals surface area contributed by atoms with Crippen LogP contribution in [0.5, 0.6) is 0 Å². The van der Waals surface area contributed by atoms with Crippen molar-refractivity contribution in [1.82, 2.24) is 0 Å². The van der Waals surface area contributed by atoms with E-state index in [-0.39, 0.29) is 5.97 Å². The van der Waals surface area contributed by atoms with Crippen molar-refractivity contribution in [3.8, 4) is 0 Å². The van der Waals surface area contributed by atoms with Gasteiger partial charge in [-0.3, -0.25) is 4.79 Å². The number of carbonyl (C=O) groups excluding carboxylic acids is 1. The number of esters is 1. The monoisotopic (exact) mass is 236 g/mol. The molecule has 0 unspecified atom stereocenters. The Bertz CT molecular complexity index is 357. The highest BCUT2D eigenvalue weighted by Gasteiger charge is 2.38. The molecule has 0 amide bonds. The zero-order valence-electron chi connectivity index (χ0n) is 10.6. The van der Waals surface area contributed by atoms with E-state index in [1.807, 2.05) is 37.3 Å². The van der Waals surface area contributed by atoms with E-state index in [0.29, 0.717) is 13.0 Å². The van der Waals surface area contributed by atoms with Crippen molar-refractivity contribution in [1.29, 1.82) is 0 Å². The largest absolute Gasteiger partial charge is 0.466 e. The second-order valence-electron chi connectivity index (χ2n) is 4.23. The first kappa shape index (κ1) is 13.7. The van der Waals surface area contributed by atoms with E-state index in [1.54, 1.807) is 13.8 Å². The Morgan fingerprint density at radius 3 is 2.41 bits per heavy atom. The third-order valence-corrected chi connectivity index (χ3v) is 3.02. The minimum Gasteiger partial charge on any atom is -0.466 e. The third-order valence-electron chi connectivity index (χ3n) is 3.02. The molecule has 1 aromatic carbocycles. The Morgan fingerprint density at radius 1 is 1.35 bits per heavy atom. The number of rotatable bonds is 5. The van der Waals surface area contributed by atoms with Crippen LogP contribution in [0.2, 0.25) is 0 Å². The Hall–Kier alpha value is -1.35. The van der Waals surface area contributed by atoms with Gasteiger partial charge in [-0.05, 0) is 25.8 Å². The molecule has 17 heavy (non-hydrogen) atoms. The normalized spacial score (nSPS) is 16.0. The molecule has 94 valence electrons. The van der Waals surface area contributed by atoms with Gasteiger partial charge in [0.05, 0.1) is 12.5 Å². The summed E-state index contributed by atoms with van der Waals surface area (Å²) in [5, 5.41) is 10.5. The summed E-state index contributed by atoms with van der Waals surface area (Å²) in [4.78, 5) is 11.8. The van der Waals surface area contributed by atoms with Crippen molar-refractivity contribution in [3.05, 3.63) is 35.9 Å². The number of benzene rings is 1. The maximum atomic E-state index is 11.8.